The summed E-state index contributed by atoms with van der Waals surface area (Å²) in [6, 6.07) is 16.1. The molecule has 0 amide bonds. The average molecular weight is 282 g/mol. The van der Waals surface area contributed by atoms with Crippen LogP contribution in [0, 0.1) is 5.92 Å². The molecule has 0 spiro atoms. The van der Waals surface area contributed by atoms with E-state index in [0.717, 1.165) is 13.1 Å². The van der Waals surface area contributed by atoms with Gasteiger partial charge in [0.1, 0.15) is 0 Å². The predicted octanol–water partition coefficient (Wildman–Crippen LogP) is 3.83. The summed E-state index contributed by atoms with van der Waals surface area (Å²) in [6.07, 6.45) is 2.65. The molecule has 2 atom stereocenters. The van der Waals surface area contributed by atoms with Crippen molar-refractivity contribution in [3.63, 3.8) is 0 Å². The number of piperidine rings is 1. The molecule has 2 heteroatoms. The number of hydrogen-bond acceptors (Lipinski definition) is 2. The maximum atomic E-state index is 3.40. The third kappa shape index (κ3) is 2.83. The lowest BCUT2D eigenvalue weighted by Gasteiger charge is -2.41. The van der Waals surface area contributed by atoms with Crippen LogP contribution < -0.4 is 5.32 Å². The molecule has 0 saturated carbocycles. The number of nitrogens with zero attached hydrogens (tertiary/aromatic N) is 1. The van der Waals surface area contributed by atoms with Crippen LogP contribution in [0.1, 0.15) is 31.4 Å². The van der Waals surface area contributed by atoms with Crippen molar-refractivity contribution in [2.24, 2.45) is 5.92 Å². The summed E-state index contributed by atoms with van der Waals surface area (Å²) in [5.74, 6) is 0.703. The number of benzene rings is 2. The minimum absolute atomic E-state index is 0.544. The zero-order chi connectivity index (χ0) is 14.7. The average Bonchev–Trinajstić information content (AvgIpc) is 2.54. The molecule has 1 saturated heterocycles. The Bertz CT molecular complexity index is 586. The van der Waals surface area contributed by atoms with Crippen molar-refractivity contribution in [1.29, 1.82) is 0 Å². The molecule has 1 aliphatic heterocycles. The molecule has 1 fully saturated rings. The zero-order valence-electron chi connectivity index (χ0n) is 13.2. The summed E-state index contributed by atoms with van der Waals surface area (Å²) in [4.78, 5) is 2.66. The van der Waals surface area contributed by atoms with Gasteiger partial charge in [-0.1, -0.05) is 49.4 Å². The first-order chi connectivity index (χ1) is 10.3. The molecule has 0 aliphatic carbocycles. The van der Waals surface area contributed by atoms with Crippen LogP contribution >= 0.6 is 0 Å². The summed E-state index contributed by atoms with van der Waals surface area (Å²) in [6.45, 7) is 5.75. The first kappa shape index (κ1) is 14.6. The highest BCUT2D eigenvalue weighted by atomic mass is 15.2. The van der Waals surface area contributed by atoms with Gasteiger partial charge < -0.3 is 5.32 Å². The van der Waals surface area contributed by atoms with E-state index in [-0.39, 0.29) is 0 Å². The van der Waals surface area contributed by atoms with Crippen molar-refractivity contribution in [1.82, 2.24) is 10.2 Å². The van der Waals surface area contributed by atoms with E-state index >= 15 is 0 Å². The van der Waals surface area contributed by atoms with Crippen LogP contribution in [0.2, 0.25) is 0 Å². The Morgan fingerprint density at radius 2 is 1.95 bits per heavy atom. The van der Waals surface area contributed by atoms with Gasteiger partial charge in [-0.05, 0) is 61.8 Å². The second kappa shape index (κ2) is 6.59. The van der Waals surface area contributed by atoms with Gasteiger partial charge in [-0.15, -0.1) is 0 Å². The van der Waals surface area contributed by atoms with Crippen LogP contribution in [0.4, 0.5) is 0 Å². The third-order valence-electron chi connectivity index (χ3n) is 4.87. The van der Waals surface area contributed by atoms with Gasteiger partial charge in [0.05, 0.1) is 0 Å². The van der Waals surface area contributed by atoms with Crippen molar-refractivity contribution in [3.8, 4) is 0 Å². The lowest BCUT2D eigenvalue weighted by atomic mass is 9.82. The summed E-state index contributed by atoms with van der Waals surface area (Å²) in [5, 5.41) is 6.19. The zero-order valence-corrected chi connectivity index (χ0v) is 13.2. The second-order valence-corrected chi connectivity index (χ2v) is 6.10. The van der Waals surface area contributed by atoms with Crippen LogP contribution in [0.25, 0.3) is 10.8 Å². The van der Waals surface area contributed by atoms with Gasteiger partial charge in [0, 0.05) is 6.04 Å². The van der Waals surface area contributed by atoms with E-state index in [9.17, 15) is 0 Å². The quantitative estimate of drug-likeness (QED) is 0.917. The van der Waals surface area contributed by atoms with Gasteiger partial charge in [0.2, 0.25) is 0 Å². The highest BCUT2D eigenvalue weighted by molar-refractivity contribution is 5.86. The van der Waals surface area contributed by atoms with E-state index < -0.39 is 0 Å². The third-order valence-corrected chi connectivity index (χ3v) is 4.87. The Hall–Kier alpha value is -1.38. The van der Waals surface area contributed by atoms with Crippen molar-refractivity contribution < 1.29 is 0 Å². The molecule has 2 unspecified atom stereocenters. The molecule has 21 heavy (non-hydrogen) atoms. The Morgan fingerprint density at radius 3 is 2.76 bits per heavy atom. The van der Waals surface area contributed by atoms with Gasteiger partial charge in [0.25, 0.3) is 0 Å². The summed E-state index contributed by atoms with van der Waals surface area (Å²) >= 11 is 0. The van der Waals surface area contributed by atoms with E-state index in [1.807, 2.05) is 0 Å². The van der Waals surface area contributed by atoms with Gasteiger partial charge in [0.15, 0.2) is 0 Å². The maximum absolute atomic E-state index is 3.40. The van der Waals surface area contributed by atoms with Crippen LogP contribution in [0.5, 0.6) is 0 Å². The molecule has 1 N–H and O–H groups in total. The predicted molar refractivity (Wildman–Crippen MR) is 90.6 cm³/mol. The van der Waals surface area contributed by atoms with Gasteiger partial charge in [-0.3, -0.25) is 4.90 Å². The molecule has 3 rings (SSSR count). The van der Waals surface area contributed by atoms with Crippen LogP contribution in [-0.2, 0) is 0 Å². The van der Waals surface area contributed by atoms with Gasteiger partial charge in [-0.25, -0.2) is 0 Å². The number of nitrogens with one attached hydrogen (secondary N) is 1. The summed E-state index contributed by atoms with van der Waals surface area (Å²) in [7, 11) is 2.07. The summed E-state index contributed by atoms with van der Waals surface area (Å²) in [5.41, 5.74) is 1.51. The molecule has 0 radical (unpaired) electrons. The lowest BCUT2D eigenvalue weighted by molar-refractivity contribution is 0.0992. The Kier molecular flexibility index (Phi) is 4.57. The molecular formula is C19H26N2. The van der Waals surface area contributed by atoms with Crippen molar-refractivity contribution in [2.45, 2.75) is 25.8 Å². The number of likely N-dealkylation sites (tertiary alicyclic amines) is 1. The molecular weight excluding hydrogens is 256 g/mol. The highest BCUT2D eigenvalue weighted by Crippen LogP contribution is 2.38. The largest absolute Gasteiger partial charge is 0.319 e. The van der Waals surface area contributed by atoms with Crippen molar-refractivity contribution in [2.75, 3.05) is 26.7 Å². The maximum Gasteiger partial charge on any atom is 0.0394 e. The standard InChI is InChI=1S/C19H26N2/c1-3-21-13-7-10-16(14-20-2)19(21)18-12-6-9-15-8-4-5-11-17(15)18/h4-6,8-9,11-12,16,19-20H,3,7,10,13-14H2,1-2H3. The van der Waals surface area contributed by atoms with Crippen LogP contribution in [0.3, 0.4) is 0 Å². The topological polar surface area (TPSA) is 15.3 Å². The van der Waals surface area contributed by atoms with Crippen molar-refractivity contribution in [3.05, 3.63) is 48.0 Å². The Morgan fingerprint density at radius 1 is 1.14 bits per heavy atom. The lowest BCUT2D eigenvalue weighted by Crippen LogP contribution is -2.42. The fourth-order valence-electron chi connectivity index (χ4n) is 3.94. The SMILES string of the molecule is CCN1CCCC(CNC)C1c1cccc2ccccc12. The van der Waals surface area contributed by atoms with E-state index in [1.165, 1.54) is 35.7 Å². The smallest absolute Gasteiger partial charge is 0.0394 e. The second-order valence-electron chi connectivity index (χ2n) is 6.10. The normalized spacial score (nSPS) is 23.5. The number of fused-ring (bicyclic) bond motifs is 1. The molecule has 2 nitrogen and oxygen atoms in total. The van der Waals surface area contributed by atoms with Crippen LogP contribution in [-0.4, -0.2) is 31.6 Å². The monoisotopic (exact) mass is 282 g/mol. The molecule has 112 valence electrons. The molecule has 1 aliphatic rings. The van der Waals surface area contributed by atoms with E-state index in [4.69, 9.17) is 0 Å². The minimum Gasteiger partial charge on any atom is -0.319 e. The first-order valence-corrected chi connectivity index (χ1v) is 8.21. The number of hydrogen-bond donors (Lipinski definition) is 1. The fraction of sp³-hybridized carbons (Fsp3) is 0.474. The molecule has 0 bridgehead atoms. The molecule has 2 aromatic carbocycles. The minimum atomic E-state index is 0.544. The fourth-order valence-corrected chi connectivity index (χ4v) is 3.94. The highest BCUT2D eigenvalue weighted by Gasteiger charge is 2.32. The number of rotatable bonds is 4. The van der Waals surface area contributed by atoms with Gasteiger partial charge >= 0.3 is 0 Å². The Labute approximate surface area is 128 Å². The molecule has 1 heterocycles. The van der Waals surface area contributed by atoms with E-state index in [0.29, 0.717) is 12.0 Å². The summed E-state index contributed by atoms with van der Waals surface area (Å²) < 4.78 is 0. The van der Waals surface area contributed by atoms with E-state index in [1.54, 1.807) is 0 Å². The van der Waals surface area contributed by atoms with Crippen molar-refractivity contribution >= 4 is 10.8 Å². The molecule has 0 aromatic heterocycles. The van der Waals surface area contributed by atoms with Crippen LogP contribution in [0.15, 0.2) is 42.5 Å². The van der Waals surface area contributed by atoms with E-state index in [2.05, 4.69) is 66.7 Å². The molecule has 2 aromatic rings. The van der Waals surface area contributed by atoms with Gasteiger partial charge in [-0.2, -0.15) is 0 Å². The Balaban J connectivity index is 2.07. The first-order valence-electron chi connectivity index (χ1n) is 8.21.